The van der Waals surface area contributed by atoms with Gasteiger partial charge in [0.05, 0.1) is 38.3 Å². The predicted octanol–water partition coefficient (Wildman–Crippen LogP) is 1.16. The molecule has 0 aromatic heterocycles. The summed E-state index contributed by atoms with van der Waals surface area (Å²) in [5.74, 6) is 0. The minimum Gasteiger partial charge on any atom is -0.444 e. The zero-order valence-corrected chi connectivity index (χ0v) is 12.7. The third-order valence-electron chi connectivity index (χ3n) is 1.99. The Bertz CT molecular complexity index is 281. The Balaban J connectivity index is 3.29. The van der Waals surface area contributed by atoms with Crippen LogP contribution in [0.5, 0.6) is 0 Å². The molecule has 1 N–H and O–H groups in total. The number of carbonyl (C=O) groups is 1. The number of hydrogen-bond donors (Lipinski definition) is 1. The molecule has 0 rings (SSSR count). The average molecular weight is 291 g/mol. The Morgan fingerprint density at radius 2 is 1.75 bits per heavy atom. The predicted molar refractivity (Wildman–Crippen MR) is 74.3 cm³/mol. The summed E-state index contributed by atoms with van der Waals surface area (Å²) in [7, 11) is 1.58. The van der Waals surface area contributed by atoms with Gasteiger partial charge in [-0.3, -0.25) is 5.01 Å². The van der Waals surface area contributed by atoms with Crippen LogP contribution >= 0.6 is 0 Å². The minimum atomic E-state index is -0.498. The number of ether oxygens (including phenoxy) is 3. The van der Waals surface area contributed by atoms with E-state index in [-0.39, 0.29) is 0 Å². The van der Waals surface area contributed by atoms with E-state index < -0.39 is 11.7 Å². The fourth-order valence-corrected chi connectivity index (χ4v) is 1.10. The number of amides is 1. The molecule has 0 saturated carbocycles. The molecular formula is C12H25N3O5. The molecule has 8 heteroatoms. The Hall–Kier alpha value is -1.41. The number of likely N-dealkylation sites (N-methyl/N-ethyl adjacent to an activating group) is 1. The third-order valence-corrected chi connectivity index (χ3v) is 1.99. The van der Waals surface area contributed by atoms with E-state index in [4.69, 9.17) is 14.2 Å². The molecule has 0 bridgehead atoms. The Morgan fingerprint density at radius 1 is 1.15 bits per heavy atom. The van der Waals surface area contributed by atoms with Gasteiger partial charge in [0.2, 0.25) is 0 Å². The van der Waals surface area contributed by atoms with Gasteiger partial charge in [-0.25, -0.2) is 4.79 Å². The van der Waals surface area contributed by atoms with Gasteiger partial charge in [0, 0.05) is 13.6 Å². The van der Waals surface area contributed by atoms with Crippen LogP contribution in [0.3, 0.4) is 0 Å². The lowest BCUT2D eigenvalue weighted by Crippen LogP contribution is -2.34. The molecule has 0 unspecified atom stereocenters. The number of rotatable bonds is 10. The van der Waals surface area contributed by atoms with Crippen LogP contribution in [0.4, 0.5) is 4.79 Å². The highest BCUT2D eigenvalue weighted by molar-refractivity contribution is 5.67. The van der Waals surface area contributed by atoms with Gasteiger partial charge in [-0.1, -0.05) is 0 Å². The maximum absolute atomic E-state index is 11.3. The molecule has 0 aliphatic heterocycles. The van der Waals surface area contributed by atoms with Crippen LogP contribution in [0.1, 0.15) is 20.8 Å². The Morgan fingerprint density at radius 3 is 2.30 bits per heavy atom. The van der Waals surface area contributed by atoms with Crippen molar-refractivity contribution in [2.45, 2.75) is 26.4 Å². The van der Waals surface area contributed by atoms with Gasteiger partial charge < -0.3 is 19.5 Å². The summed E-state index contributed by atoms with van der Waals surface area (Å²) >= 11 is 0. The van der Waals surface area contributed by atoms with Crippen molar-refractivity contribution in [1.82, 2.24) is 10.3 Å². The van der Waals surface area contributed by atoms with Crippen LogP contribution in [-0.4, -0.2) is 63.3 Å². The number of alkyl carbamates (subject to hydrolysis) is 1. The van der Waals surface area contributed by atoms with Gasteiger partial charge >= 0.3 is 6.09 Å². The molecule has 0 spiro atoms. The topological polar surface area (TPSA) is 89.5 Å². The molecule has 0 saturated heterocycles. The van der Waals surface area contributed by atoms with Gasteiger partial charge in [0.25, 0.3) is 0 Å². The van der Waals surface area contributed by atoms with Crippen LogP contribution in [0, 0.1) is 4.91 Å². The third kappa shape index (κ3) is 13.0. The first-order valence-electron chi connectivity index (χ1n) is 6.52. The number of nitrogens with zero attached hydrogens (tertiary/aromatic N) is 2. The molecule has 8 nitrogen and oxygen atoms in total. The van der Waals surface area contributed by atoms with Crippen molar-refractivity contribution in [2.75, 3.05) is 46.6 Å². The van der Waals surface area contributed by atoms with Gasteiger partial charge in [-0.15, -0.1) is 4.91 Å². The molecule has 0 aromatic rings. The largest absolute Gasteiger partial charge is 0.444 e. The van der Waals surface area contributed by atoms with Crippen molar-refractivity contribution in [3.05, 3.63) is 4.91 Å². The fourth-order valence-electron chi connectivity index (χ4n) is 1.10. The van der Waals surface area contributed by atoms with E-state index in [1.54, 1.807) is 27.8 Å². The highest BCUT2D eigenvalue weighted by atomic mass is 16.6. The summed E-state index contributed by atoms with van der Waals surface area (Å²) in [5.41, 5.74) is -0.498. The fraction of sp³-hybridized carbons (Fsp3) is 0.917. The van der Waals surface area contributed by atoms with E-state index in [9.17, 15) is 9.70 Å². The SMILES string of the molecule is CN(CCOCCOCCNC(=O)OC(C)(C)C)N=O. The molecule has 0 aromatic carbocycles. The van der Waals surface area contributed by atoms with Crippen molar-refractivity contribution < 1.29 is 19.0 Å². The van der Waals surface area contributed by atoms with Crippen LogP contribution in [0.15, 0.2) is 5.29 Å². The number of hydrogen-bond acceptors (Lipinski definition) is 6. The Kier molecular flexibility index (Phi) is 9.65. The number of nitrogens with one attached hydrogen (secondary N) is 1. The van der Waals surface area contributed by atoms with Crippen LogP contribution in [0.2, 0.25) is 0 Å². The first-order chi connectivity index (χ1) is 9.35. The van der Waals surface area contributed by atoms with Crippen molar-refractivity contribution in [3.8, 4) is 0 Å². The number of carbonyl (C=O) groups excluding carboxylic acids is 1. The quantitative estimate of drug-likeness (QED) is 0.369. The standard InChI is InChI=1S/C12H25N3O5/c1-12(2,3)20-11(16)13-5-7-18-9-10-19-8-6-15(4)14-17/h5-10H2,1-4H3,(H,13,16). The van der Waals surface area contributed by atoms with E-state index in [1.807, 2.05) is 0 Å². The Labute approximate surface area is 119 Å². The van der Waals surface area contributed by atoms with E-state index >= 15 is 0 Å². The smallest absolute Gasteiger partial charge is 0.407 e. The summed E-state index contributed by atoms with van der Waals surface area (Å²) in [6.45, 7) is 7.90. The van der Waals surface area contributed by atoms with E-state index in [1.165, 1.54) is 5.01 Å². The monoisotopic (exact) mass is 291 g/mol. The summed E-state index contributed by atoms with van der Waals surface area (Å²) in [6.07, 6.45) is -0.457. The normalized spacial score (nSPS) is 11.0. The van der Waals surface area contributed by atoms with Crippen LogP contribution in [-0.2, 0) is 14.2 Å². The molecule has 1 amide bonds. The van der Waals surface area contributed by atoms with E-state index in [0.29, 0.717) is 39.5 Å². The van der Waals surface area contributed by atoms with E-state index in [2.05, 4.69) is 10.6 Å². The van der Waals surface area contributed by atoms with Gasteiger partial charge in [-0.2, -0.15) is 0 Å². The molecule has 0 aliphatic rings. The van der Waals surface area contributed by atoms with Crippen LogP contribution in [0.25, 0.3) is 0 Å². The zero-order valence-electron chi connectivity index (χ0n) is 12.7. The average Bonchev–Trinajstić information content (AvgIpc) is 2.34. The van der Waals surface area contributed by atoms with Gasteiger partial charge in [0.1, 0.15) is 5.60 Å². The highest BCUT2D eigenvalue weighted by Gasteiger charge is 2.15. The maximum Gasteiger partial charge on any atom is 0.407 e. The molecule has 0 radical (unpaired) electrons. The van der Waals surface area contributed by atoms with Crippen molar-refractivity contribution >= 4 is 6.09 Å². The number of nitroso groups, excluding NO2 is 1. The molecule has 20 heavy (non-hydrogen) atoms. The molecule has 0 fully saturated rings. The zero-order chi connectivity index (χ0) is 15.4. The summed E-state index contributed by atoms with van der Waals surface area (Å²) in [6, 6.07) is 0. The maximum atomic E-state index is 11.3. The van der Waals surface area contributed by atoms with Gasteiger partial charge in [-0.05, 0) is 20.8 Å². The molecule has 118 valence electrons. The summed E-state index contributed by atoms with van der Waals surface area (Å²) in [4.78, 5) is 21.3. The molecular weight excluding hydrogens is 266 g/mol. The lowest BCUT2D eigenvalue weighted by atomic mass is 10.2. The van der Waals surface area contributed by atoms with E-state index in [0.717, 1.165) is 0 Å². The molecule has 0 heterocycles. The summed E-state index contributed by atoms with van der Waals surface area (Å²) < 4.78 is 15.5. The highest BCUT2D eigenvalue weighted by Crippen LogP contribution is 2.05. The lowest BCUT2D eigenvalue weighted by molar-refractivity contribution is 0.0360. The van der Waals surface area contributed by atoms with Crippen molar-refractivity contribution in [1.29, 1.82) is 0 Å². The first kappa shape index (κ1) is 18.6. The van der Waals surface area contributed by atoms with Gasteiger partial charge in [0.15, 0.2) is 0 Å². The first-order valence-corrected chi connectivity index (χ1v) is 6.52. The second-order valence-corrected chi connectivity index (χ2v) is 5.12. The lowest BCUT2D eigenvalue weighted by Gasteiger charge is -2.19. The molecule has 0 atom stereocenters. The summed E-state index contributed by atoms with van der Waals surface area (Å²) in [5, 5.41) is 6.55. The van der Waals surface area contributed by atoms with Crippen LogP contribution < -0.4 is 5.32 Å². The minimum absolute atomic E-state index is 0.382. The van der Waals surface area contributed by atoms with Crippen molar-refractivity contribution in [3.63, 3.8) is 0 Å². The molecule has 0 aliphatic carbocycles. The van der Waals surface area contributed by atoms with Crippen molar-refractivity contribution in [2.24, 2.45) is 5.29 Å². The second-order valence-electron chi connectivity index (χ2n) is 5.12. The second kappa shape index (κ2) is 10.4.